The predicted molar refractivity (Wildman–Crippen MR) is 90.3 cm³/mol. The molecule has 0 aliphatic carbocycles. The fraction of sp³-hybridized carbons (Fsp3) is 0.0526. The molecule has 0 fully saturated rings. The van der Waals surface area contributed by atoms with Gasteiger partial charge in [0.2, 0.25) is 17.5 Å². The molecular formula is C19H14FN3O. The van der Waals surface area contributed by atoms with Crippen molar-refractivity contribution in [3.63, 3.8) is 0 Å². The molecule has 4 nitrogen and oxygen atoms in total. The third-order valence-corrected chi connectivity index (χ3v) is 3.33. The molecule has 118 valence electrons. The molecular weight excluding hydrogens is 305 g/mol. The third kappa shape index (κ3) is 3.87. The maximum absolute atomic E-state index is 12.9. The second-order valence-corrected chi connectivity index (χ2v) is 5.07. The Labute approximate surface area is 138 Å². The average molecular weight is 319 g/mol. The lowest BCUT2D eigenvalue weighted by atomic mass is 10.2. The molecule has 0 radical (unpaired) electrons. The number of hydrogen-bond acceptors (Lipinski definition) is 4. The van der Waals surface area contributed by atoms with Crippen molar-refractivity contribution in [2.24, 2.45) is 0 Å². The number of hydrogen-bond donors (Lipinski definition) is 1. The van der Waals surface area contributed by atoms with E-state index in [1.807, 2.05) is 36.4 Å². The van der Waals surface area contributed by atoms with Crippen LogP contribution in [0.5, 0.6) is 0 Å². The van der Waals surface area contributed by atoms with E-state index in [2.05, 4.69) is 10.3 Å². The van der Waals surface area contributed by atoms with Gasteiger partial charge < -0.3 is 9.73 Å². The summed E-state index contributed by atoms with van der Waals surface area (Å²) < 4.78 is 18.4. The summed E-state index contributed by atoms with van der Waals surface area (Å²) in [4.78, 5) is 4.12. The minimum atomic E-state index is -0.289. The summed E-state index contributed by atoms with van der Waals surface area (Å²) in [5, 5.41) is 12.2. The Morgan fingerprint density at radius 3 is 2.54 bits per heavy atom. The van der Waals surface area contributed by atoms with E-state index in [1.165, 1.54) is 12.1 Å². The lowest BCUT2D eigenvalue weighted by Crippen LogP contribution is -1.99. The number of benzene rings is 2. The molecule has 1 N–H and O–H groups in total. The average Bonchev–Trinajstić information content (AvgIpc) is 3.03. The first-order valence-electron chi connectivity index (χ1n) is 7.37. The number of nitrogens with one attached hydrogen (secondary N) is 1. The number of anilines is 1. The van der Waals surface area contributed by atoms with Crippen molar-refractivity contribution in [3.05, 3.63) is 83.1 Å². The molecule has 1 aromatic heterocycles. The Bertz CT molecular complexity index is 877. The van der Waals surface area contributed by atoms with Gasteiger partial charge in [0.1, 0.15) is 11.9 Å². The monoisotopic (exact) mass is 319 g/mol. The summed E-state index contributed by atoms with van der Waals surface area (Å²) in [5.41, 5.74) is 2.08. The Hall–Kier alpha value is -3.39. The molecule has 0 bridgehead atoms. The van der Waals surface area contributed by atoms with Crippen molar-refractivity contribution in [1.82, 2.24) is 4.98 Å². The summed E-state index contributed by atoms with van der Waals surface area (Å²) in [6.45, 7) is 0.534. The van der Waals surface area contributed by atoms with Crippen LogP contribution in [-0.2, 0) is 6.54 Å². The van der Waals surface area contributed by atoms with E-state index >= 15 is 0 Å². The van der Waals surface area contributed by atoms with E-state index in [0.717, 1.165) is 11.1 Å². The zero-order chi connectivity index (χ0) is 16.8. The summed E-state index contributed by atoms with van der Waals surface area (Å²) in [5.74, 6) is 0.356. The minimum Gasteiger partial charge on any atom is -0.420 e. The SMILES string of the molecule is N#Cc1nc(C=Cc2ccc(F)cc2)oc1NCc1ccccc1. The van der Waals surface area contributed by atoms with Gasteiger partial charge in [0.15, 0.2) is 0 Å². The number of halogens is 1. The first-order chi connectivity index (χ1) is 11.7. The molecule has 5 heteroatoms. The van der Waals surface area contributed by atoms with Gasteiger partial charge in [-0.25, -0.2) is 4.39 Å². The summed E-state index contributed by atoms with van der Waals surface area (Å²) in [6, 6.07) is 17.8. The van der Waals surface area contributed by atoms with Crippen LogP contribution in [0.4, 0.5) is 10.3 Å². The van der Waals surface area contributed by atoms with Gasteiger partial charge in [0.25, 0.3) is 0 Å². The van der Waals surface area contributed by atoms with Gasteiger partial charge in [-0.05, 0) is 29.3 Å². The topological polar surface area (TPSA) is 61.9 Å². The van der Waals surface area contributed by atoms with Gasteiger partial charge in [-0.2, -0.15) is 10.2 Å². The first-order valence-corrected chi connectivity index (χ1v) is 7.37. The number of oxazole rings is 1. The fourth-order valence-corrected chi connectivity index (χ4v) is 2.12. The van der Waals surface area contributed by atoms with Gasteiger partial charge in [-0.3, -0.25) is 0 Å². The van der Waals surface area contributed by atoms with Crippen molar-refractivity contribution < 1.29 is 8.81 Å². The molecule has 0 aliphatic rings. The maximum atomic E-state index is 12.9. The van der Waals surface area contributed by atoms with E-state index in [4.69, 9.17) is 9.68 Å². The van der Waals surface area contributed by atoms with Crippen molar-refractivity contribution in [2.45, 2.75) is 6.54 Å². The highest BCUT2D eigenvalue weighted by Gasteiger charge is 2.10. The second-order valence-electron chi connectivity index (χ2n) is 5.07. The molecule has 2 aromatic carbocycles. The van der Waals surface area contributed by atoms with Crippen molar-refractivity contribution in [1.29, 1.82) is 5.26 Å². The Balaban J connectivity index is 1.72. The summed E-state index contributed by atoms with van der Waals surface area (Å²) >= 11 is 0. The van der Waals surface area contributed by atoms with Crippen LogP contribution in [0, 0.1) is 17.1 Å². The zero-order valence-corrected chi connectivity index (χ0v) is 12.7. The smallest absolute Gasteiger partial charge is 0.232 e. The molecule has 1 heterocycles. The number of nitrogens with zero attached hydrogens (tertiary/aromatic N) is 2. The standard InChI is InChI=1S/C19H14FN3O/c20-16-9-6-14(7-10-16)8-11-18-23-17(12-21)19(24-18)22-13-15-4-2-1-3-5-15/h1-11,22H,13H2. The Morgan fingerprint density at radius 1 is 1.08 bits per heavy atom. The van der Waals surface area contributed by atoms with Gasteiger partial charge in [0, 0.05) is 12.6 Å². The van der Waals surface area contributed by atoms with Crippen molar-refractivity contribution in [2.75, 3.05) is 5.32 Å². The van der Waals surface area contributed by atoms with Crippen LogP contribution in [0.2, 0.25) is 0 Å². The molecule has 24 heavy (non-hydrogen) atoms. The number of nitriles is 1. The zero-order valence-electron chi connectivity index (χ0n) is 12.7. The minimum absolute atomic E-state index is 0.199. The maximum Gasteiger partial charge on any atom is 0.232 e. The molecule has 0 saturated carbocycles. The molecule has 0 saturated heterocycles. The quantitative estimate of drug-likeness (QED) is 0.754. The lowest BCUT2D eigenvalue weighted by molar-refractivity contribution is 0.557. The number of aromatic nitrogens is 1. The normalized spacial score (nSPS) is 10.7. The van der Waals surface area contributed by atoms with Crippen LogP contribution in [-0.4, -0.2) is 4.98 Å². The molecule has 0 amide bonds. The molecule has 0 atom stereocenters. The van der Waals surface area contributed by atoms with Crippen LogP contribution >= 0.6 is 0 Å². The molecule has 0 aliphatic heterocycles. The molecule has 0 unspecified atom stereocenters. The van der Waals surface area contributed by atoms with E-state index in [-0.39, 0.29) is 11.5 Å². The molecule has 3 rings (SSSR count). The lowest BCUT2D eigenvalue weighted by Gasteiger charge is -2.02. The summed E-state index contributed by atoms with van der Waals surface area (Å²) in [6.07, 6.45) is 3.38. The van der Waals surface area contributed by atoms with Gasteiger partial charge >= 0.3 is 0 Å². The van der Waals surface area contributed by atoms with Crippen molar-refractivity contribution >= 4 is 18.0 Å². The van der Waals surface area contributed by atoms with Crippen LogP contribution in [0.1, 0.15) is 22.7 Å². The van der Waals surface area contributed by atoms with Crippen LogP contribution in [0.15, 0.2) is 59.0 Å². The van der Waals surface area contributed by atoms with E-state index in [1.54, 1.807) is 24.3 Å². The number of rotatable bonds is 5. The third-order valence-electron chi connectivity index (χ3n) is 3.33. The van der Waals surface area contributed by atoms with E-state index < -0.39 is 0 Å². The fourth-order valence-electron chi connectivity index (χ4n) is 2.12. The highest BCUT2D eigenvalue weighted by molar-refractivity contribution is 5.67. The van der Waals surface area contributed by atoms with Crippen LogP contribution in [0.25, 0.3) is 12.2 Å². The van der Waals surface area contributed by atoms with Crippen LogP contribution in [0.3, 0.4) is 0 Å². The Morgan fingerprint density at radius 2 is 1.83 bits per heavy atom. The highest BCUT2D eigenvalue weighted by atomic mass is 19.1. The second kappa shape index (κ2) is 7.25. The van der Waals surface area contributed by atoms with E-state index in [0.29, 0.717) is 18.3 Å². The predicted octanol–water partition coefficient (Wildman–Crippen LogP) is 4.47. The first kappa shape index (κ1) is 15.5. The van der Waals surface area contributed by atoms with E-state index in [9.17, 15) is 4.39 Å². The Kier molecular flexibility index (Phi) is 4.68. The largest absolute Gasteiger partial charge is 0.420 e. The van der Waals surface area contributed by atoms with Gasteiger partial charge in [-0.15, -0.1) is 0 Å². The van der Waals surface area contributed by atoms with Gasteiger partial charge in [-0.1, -0.05) is 42.5 Å². The summed E-state index contributed by atoms with van der Waals surface area (Å²) in [7, 11) is 0. The highest BCUT2D eigenvalue weighted by Crippen LogP contribution is 2.19. The molecule has 0 spiro atoms. The van der Waals surface area contributed by atoms with Crippen molar-refractivity contribution in [3.8, 4) is 6.07 Å². The molecule has 3 aromatic rings. The van der Waals surface area contributed by atoms with Crippen LogP contribution < -0.4 is 5.32 Å². The van der Waals surface area contributed by atoms with Gasteiger partial charge in [0.05, 0.1) is 0 Å².